The number of rotatable bonds is 11. The molecule has 4 bridgehead atoms. The second-order valence-electron chi connectivity index (χ2n) is 57.2. The molecular formula is C120H218. The van der Waals surface area contributed by atoms with Crippen LogP contribution in [0.2, 0.25) is 0 Å². The number of hydrogen-bond acceptors (Lipinski definition) is 0. The molecule has 17 aliphatic carbocycles. The van der Waals surface area contributed by atoms with Crippen molar-refractivity contribution in [2.75, 3.05) is 0 Å². The molecule has 17 fully saturated rings. The van der Waals surface area contributed by atoms with Crippen LogP contribution in [0.4, 0.5) is 0 Å². The molecule has 0 radical (unpaired) electrons. The summed E-state index contributed by atoms with van der Waals surface area (Å²) in [6, 6.07) is 0. The molecule has 0 amide bonds. The third-order valence-corrected chi connectivity index (χ3v) is 49.3. The Morgan fingerprint density at radius 1 is 0.308 bits per heavy atom. The van der Waals surface area contributed by atoms with Gasteiger partial charge in [-0.25, -0.2) is 0 Å². The Morgan fingerprint density at radius 3 is 1.43 bits per heavy atom. The lowest BCUT2D eigenvalue weighted by Crippen LogP contribution is -2.55. The predicted molar refractivity (Wildman–Crippen MR) is 528 cm³/mol. The Morgan fingerprint density at radius 2 is 0.825 bits per heavy atom. The summed E-state index contributed by atoms with van der Waals surface area (Å²) in [5.74, 6) is 23.7. The van der Waals surface area contributed by atoms with E-state index in [4.69, 9.17) is 0 Å². The van der Waals surface area contributed by atoms with E-state index in [9.17, 15) is 0 Å². The molecule has 17 aliphatic rings. The van der Waals surface area contributed by atoms with Crippen molar-refractivity contribution in [3.63, 3.8) is 0 Å². The van der Waals surface area contributed by atoms with Crippen molar-refractivity contribution in [3.05, 3.63) is 0 Å². The van der Waals surface area contributed by atoms with Gasteiger partial charge in [0, 0.05) is 0 Å². The van der Waals surface area contributed by atoms with Gasteiger partial charge in [0.05, 0.1) is 0 Å². The van der Waals surface area contributed by atoms with Gasteiger partial charge in [-0.1, -0.05) is 305 Å². The molecule has 1 spiro atoms. The van der Waals surface area contributed by atoms with Crippen LogP contribution in [-0.4, -0.2) is 0 Å². The molecule has 34 unspecified atom stereocenters. The first-order valence-corrected chi connectivity index (χ1v) is 55.9. The van der Waals surface area contributed by atoms with Gasteiger partial charge < -0.3 is 0 Å². The largest absolute Gasteiger partial charge is 0.0651 e. The maximum Gasteiger partial charge on any atom is -0.0239 e. The zero-order valence-corrected chi connectivity index (χ0v) is 88.0. The van der Waals surface area contributed by atoms with Gasteiger partial charge >= 0.3 is 0 Å². The van der Waals surface area contributed by atoms with Crippen molar-refractivity contribution in [1.82, 2.24) is 0 Å². The topological polar surface area (TPSA) is 0 Å². The Balaban J connectivity index is 0.000000132. The van der Waals surface area contributed by atoms with Crippen LogP contribution in [0.1, 0.15) is 536 Å². The lowest BCUT2D eigenvalue weighted by atomic mass is 9.41. The summed E-state index contributed by atoms with van der Waals surface area (Å²) in [6.07, 6.45) is 73.3. The molecule has 0 saturated heterocycles. The molecule has 0 aliphatic heterocycles. The standard InChI is InChI=1S/C20H34.3C20H36.2C20H38/c1-14-12-20-11-8-16-18(2,3)9-5-10-19(16,4)17(20)7-6-15(14)13-20;1-14-12-19(5)13-16(14)8-9-17(19)20(6)11-7-10-18(3,4)15(20)2;1-14(2)15-7-9-17-16(13-15)8-10-18-19(3,4)11-6-12-20(17,18)5;1-6-19(4)13-10-16-15(14-19)8-9-17-18(2,3)11-7-12-20(16,17)5;1-7-15(2)10-11-18-16(3)12-14-19(5)17(4)9-8-13-20(18,19)6;1-7-15(2)11-13-19(5)17(4)12-14-20(6)16(3)9-8-10-18(19)20/h14-17H,5-13H2,1-4H3;14-17H,7-13H2,1-6H3;14-18H,6-13H2,1-5H3;15-17H,6-14H2,1-5H3;2*15-18H,7-14H2,1-6H3. The summed E-state index contributed by atoms with van der Waals surface area (Å²) >= 11 is 0. The van der Waals surface area contributed by atoms with Gasteiger partial charge in [-0.3, -0.25) is 0 Å². The Bertz CT molecular complexity index is 3220. The van der Waals surface area contributed by atoms with Gasteiger partial charge in [-0.15, -0.1) is 0 Å². The van der Waals surface area contributed by atoms with E-state index in [1.165, 1.54) is 270 Å². The maximum atomic E-state index is 2.72. The minimum absolute atomic E-state index is 0.546. The number of fused-ring (bicyclic) bond motifs is 13. The van der Waals surface area contributed by atoms with Crippen molar-refractivity contribution in [3.8, 4) is 0 Å². The molecule has 120 heavy (non-hydrogen) atoms. The smallest absolute Gasteiger partial charge is 0.0239 e. The van der Waals surface area contributed by atoms with Gasteiger partial charge in [-0.05, 0) is 454 Å². The van der Waals surface area contributed by atoms with Crippen LogP contribution in [0.15, 0.2) is 0 Å². The molecule has 0 heterocycles. The zero-order valence-electron chi connectivity index (χ0n) is 88.0. The molecular weight excluding hydrogens is 1440 g/mol. The van der Waals surface area contributed by atoms with E-state index in [-0.39, 0.29) is 0 Å². The average molecular weight is 1660 g/mol. The van der Waals surface area contributed by atoms with E-state index in [0.29, 0.717) is 75.8 Å². The monoisotopic (exact) mass is 1660 g/mol. The first-order valence-electron chi connectivity index (χ1n) is 55.9. The van der Waals surface area contributed by atoms with Gasteiger partial charge in [-0.2, -0.15) is 0 Å². The van der Waals surface area contributed by atoms with Crippen molar-refractivity contribution < 1.29 is 0 Å². The fraction of sp³-hybridized carbons (Fsp3) is 1.00. The first-order chi connectivity index (χ1) is 55.9. The van der Waals surface area contributed by atoms with Gasteiger partial charge in [0.1, 0.15) is 0 Å². The summed E-state index contributed by atoms with van der Waals surface area (Å²) in [5.41, 5.74) is 9.51. The van der Waals surface area contributed by atoms with E-state index in [2.05, 4.69) is 222 Å². The normalized spacial score (nSPS) is 50.7. The van der Waals surface area contributed by atoms with Crippen molar-refractivity contribution >= 4 is 0 Å². The highest BCUT2D eigenvalue weighted by molar-refractivity contribution is 5.16. The fourth-order valence-corrected chi connectivity index (χ4v) is 40.0. The quantitative estimate of drug-likeness (QED) is 0.193. The van der Waals surface area contributed by atoms with E-state index < -0.39 is 0 Å². The van der Waals surface area contributed by atoms with Crippen molar-refractivity contribution in [1.29, 1.82) is 0 Å². The molecule has 0 aromatic rings. The van der Waals surface area contributed by atoms with Crippen molar-refractivity contribution in [2.45, 2.75) is 536 Å². The van der Waals surface area contributed by atoms with E-state index >= 15 is 0 Å². The van der Waals surface area contributed by atoms with Crippen LogP contribution in [0.5, 0.6) is 0 Å². The summed E-state index contributed by atoms with van der Waals surface area (Å²) in [7, 11) is 0. The number of hydrogen-bond donors (Lipinski definition) is 0. The molecule has 17 rings (SSSR count). The summed E-state index contributed by atoms with van der Waals surface area (Å²) < 4.78 is 0. The maximum absolute atomic E-state index is 2.72. The highest BCUT2D eigenvalue weighted by Gasteiger charge is 2.66. The highest BCUT2D eigenvalue weighted by Crippen LogP contribution is 2.75. The van der Waals surface area contributed by atoms with Crippen LogP contribution in [0.25, 0.3) is 0 Å². The lowest BCUT2D eigenvalue weighted by Gasteiger charge is -2.64. The second-order valence-corrected chi connectivity index (χ2v) is 57.2. The zero-order chi connectivity index (χ0) is 88.0. The Labute approximate surface area is 754 Å². The fourth-order valence-electron chi connectivity index (χ4n) is 40.0. The summed E-state index contributed by atoms with van der Waals surface area (Å²) in [5, 5.41) is 0. The minimum Gasteiger partial charge on any atom is -0.0651 e. The average Bonchev–Trinajstić information content (AvgIpc) is 1.50. The Kier molecular flexibility index (Phi) is 30.7. The van der Waals surface area contributed by atoms with Crippen LogP contribution in [0.3, 0.4) is 0 Å². The molecule has 17 saturated carbocycles. The van der Waals surface area contributed by atoms with Gasteiger partial charge in [0.15, 0.2) is 0 Å². The van der Waals surface area contributed by atoms with Crippen LogP contribution in [-0.2, 0) is 0 Å². The highest BCUT2D eigenvalue weighted by atomic mass is 14.7. The second kappa shape index (κ2) is 37.2. The van der Waals surface area contributed by atoms with E-state index in [1.54, 1.807) is 44.9 Å². The third-order valence-electron chi connectivity index (χ3n) is 49.3. The van der Waals surface area contributed by atoms with Crippen LogP contribution in [0, 0.1) is 223 Å². The van der Waals surface area contributed by atoms with Crippen LogP contribution < -0.4 is 0 Å². The third kappa shape index (κ3) is 18.7. The molecule has 34 atom stereocenters. The molecule has 0 heteroatoms. The van der Waals surface area contributed by atoms with Gasteiger partial charge in [0.25, 0.3) is 0 Å². The van der Waals surface area contributed by atoms with Gasteiger partial charge in [0.2, 0.25) is 0 Å². The van der Waals surface area contributed by atoms with Crippen molar-refractivity contribution in [2.24, 2.45) is 223 Å². The predicted octanol–water partition coefficient (Wildman–Crippen LogP) is 38.5. The molecule has 0 aromatic carbocycles. The minimum atomic E-state index is 0.546. The Hall–Kier alpha value is 0. The molecule has 0 aromatic heterocycles. The van der Waals surface area contributed by atoms with Crippen LogP contribution >= 0.6 is 0 Å². The first kappa shape index (κ1) is 99.0. The van der Waals surface area contributed by atoms with E-state index in [0.717, 1.165) is 147 Å². The lowest BCUT2D eigenvalue weighted by molar-refractivity contribution is -0.144. The van der Waals surface area contributed by atoms with E-state index in [1.807, 2.05) is 0 Å². The molecule has 698 valence electrons. The molecule has 0 N–H and O–H groups in total. The SMILES string of the molecule is CC(C)C1CCC2C(CCC3C(C)(C)CCCC23C)C1.CC1CC2(C)CC1CCC2C1(C)CCCC(C)(C)C1C.CC1CC23CCC4C(C)(C)CCCC4(C)C2CCC1C3.CCC(C)CCC1(C)C(C)CCC2(C)C(C)CCCC12.CCC(C)CCC1C(C)CCC2(C)C(C)CCCC12C.CCC1(C)CCC2C(CCC3C(C)(C)CCCC23C)C1. The summed E-state index contributed by atoms with van der Waals surface area (Å²) in [6.45, 7) is 81.7. The molecule has 0 nitrogen and oxygen atoms in total. The summed E-state index contributed by atoms with van der Waals surface area (Å²) in [4.78, 5) is 0.